The highest BCUT2D eigenvalue weighted by molar-refractivity contribution is 5.79. The highest BCUT2D eigenvalue weighted by atomic mass is 19.4. The first kappa shape index (κ1) is 18.1. The van der Waals surface area contributed by atoms with Gasteiger partial charge in [-0.2, -0.15) is 13.2 Å². The Morgan fingerprint density at radius 2 is 2.05 bits per heavy atom. The van der Waals surface area contributed by atoms with E-state index in [1.54, 1.807) is 7.05 Å². The maximum Gasteiger partial charge on any atom is 0.416 e. The van der Waals surface area contributed by atoms with Crippen LogP contribution in [0.4, 0.5) is 13.2 Å². The lowest BCUT2D eigenvalue weighted by molar-refractivity contribution is -0.138. The molecule has 0 heterocycles. The Kier molecular flexibility index (Phi) is 6.52. The molecule has 1 unspecified atom stereocenters. The minimum Gasteiger partial charge on any atom is -0.497 e. The van der Waals surface area contributed by atoms with Gasteiger partial charge in [0, 0.05) is 19.6 Å². The highest BCUT2D eigenvalue weighted by Crippen LogP contribution is 2.34. The van der Waals surface area contributed by atoms with Crippen molar-refractivity contribution in [1.29, 1.82) is 0 Å². The minimum absolute atomic E-state index is 0.0228. The molecule has 0 aliphatic rings. The van der Waals surface area contributed by atoms with Gasteiger partial charge in [-0.15, -0.1) is 0 Å². The van der Waals surface area contributed by atoms with Gasteiger partial charge in [-0.05, 0) is 31.0 Å². The molecule has 1 aromatic rings. The Bertz CT molecular complexity index is 515. The van der Waals surface area contributed by atoms with Gasteiger partial charge in [0.2, 0.25) is 0 Å². The van der Waals surface area contributed by atoms with Gasteiger partial charge in [0.1, 0.15) is 5.75 Å². The monoisotopic (exact) mass is 317 g/mol. The molecule has 1 rings (SSSR count). The van der Waals surface area contributed by atoms with Crippen molar-refractivity contribution in [2.45, 2.75) is 39.0 Å². The van der Waals surface area contributed by atoms with Crippen LogP contribution >= 0.6 is 0 Å². The van der Waals surface area contributed by atoms with Crippen molar-refractivity contribution in [2.24, 2.45) is 4.99 Å². The van der Waals surface area contributed by atoms with E-state index in [0.717, 1.165) is 12.5 Å². The smallest absolute Gasteiger partial charge is 0.416 e. The minimum atomic E-state index is -4.43. The summed E-state index contributed by atoms with van der Waals surface area (Å²) in [6.45, 7) is 4.01. The zero-order chi connectivity index (χ0) is 16.8. The van der Waals surface area contributed by atoms with Crippen LogP contribution in [-0.2, 0) is 12.7 Å². The quantitative estimate of drug-likeness (QED) is 0.648. The van der Waals surface area contributed by atoms with E-state index in [1.165, 1.54) is 19.2 Å². The van der Waals surface area contributed by atoms with E-state index in [4.69, 9.17) is 4.74 Å². The lowest BCUT2D eigenvalue weighted by Gasteiger charge is -2.18. The molecule has 4 nitrogen and oxygen atoms in total. The second kappa shape index (κ2) is 7.91. The van der Waals surface area contributed by atoms with Crippen LogP contribution in [0.2, 0.25) is 0 Å². The first-order chi connectivity index (χ1) is 10.3. The summed E-state index contributed by atoms with van der Waals surface area (Å²) in [5.74, 6) is 0.650. The Hall–Kier alpha value is -1.92. The average molecular weight is 317 g/mol. The molecule has 1 aromatic carbocycles. The van der Waals surface area contributed by atoms with Crippen molar-refractivity contribution in [1.82, 2.24) is 10.6 Å². The van der Waals surface area contributed by atoms with Crippen LogP contribution in [-0.4, -0.2) is 26.2 Å². The zero-order valence-electron chi connectivity index (χ0n) is 13.2. The van der Waals surface area contributed by atoms with Crippen molar-refractivity contribution < 1.29 is 17.9 Å². The number of hydrogen-bond acceptors (Lipinski definition) is 2. The summed E-state index contributed by atoms with van der Waals surface area (Å²) < 4.78 is 44.2. The molecule has 0 aliphatic heterocycles. The van der Waals surface area contributed by atoms with Gasteiger partial charge in [0.15, 0.2) is 5.96 Å². The van der Waals surface area contributed by atoms with Gasteiger partial charge in [-0.25, -0.2) is 0 Å². The molecule has 0 saturated heterocycles. The van der Waals surface area contributed by atoms with Crippen molar-refractivity contribution in [2.75, 3.05) is 14.2 Å². The lowest BCUT2D eigenvalue weighted by atomic mass is 10.1. The number of aliphatic imine (C=N–C) groups is 1. The largest absolute Gasteiger partial charge is 0.497 e. The molecule has 0 fully saturated rings. The maximum atomic E-state index is 13.1. The second-order valence-corrected chi connectivity index (χ2v) is 4.90. The lowest BCUT2D eigenvalue weighted by Crippen LogP contribution is -2.41. The summed E-state index contributed by atoms with van der Waals surface area (Å²) in [7, 11) is 2.92. The van der Waals surface area contributed by atoms with Gasteiger partial charge >= 0.3 is 6.18 Å². The summed E-state index contributed by atoms with van der Waals surface area (Å²) in [4.78, 5) is 4.01. The fourth-order valence-corrected chi connectivity index (χ4v) is 1.81. The molecule has 22 heavy (non-hydrogen) atoms. The molecule has 1 atom stereocenters. The van der Waals surface area contributed by atoms with E-state index >= 15 is 0 Å². The predicted octanol–water partition coefficient (Wildman–Crippen LogP) is 3.18. The molecule has 0 aromatic heterocycles. The number of guanidine groups is 1. The summed E-state index contributed by atoms with van der Waals surface area (Å²) in [6.07, 6.45) is -3.55. The molecule has 0 saturated carbocycles. The number of ether oxygens (including phenoxy) is 1. The fraction of sp³-hybridized carbons (Fsp3) is 0.533. The number of halogens is 3. The zero-order valence-corrected chi connectivity index (χ0v) is 13.2. The third-order valence-electron chi connectivity index (χ3n) is 3.29. The van der Waals surface area contributed by atoms with Gasteiger partial charge in [-0.3, -0.25) is 4.99 Å². The summed E-state index contributed by atoms with van der Waals surface area (Å²) in [5.41, 5.74) is -0.571. The number of alkyl halides is 3. The van der Waals surface area contributed by atoms with E-state index in [0.29, 0.717) is 5.96 Å². The number of benzene rings is 1. The third-order valence-corrected chi connectivity index (χ3v) is 3.29. The summed E-state index contributed by atoms with van der Waals surface area (Å²) >= 11 is 0. The first-order valence-electron chi connectivity index (χ1n) is 7.03. The molecule has 0 aliphatic carbocycles. The van der Waals surface area contributed by atoms with E-state index in [-0.39, 0.29) is 23.9 Å². The number of nitrogens with zero attached hydrogens (tertiary/aromatic N) is 1. The number of hydrogen-bond donors (Lipinski definition) is 2. The second-order valence-electron chi connectivity index (χ2n) is 4.90. The normalized spacial score (nSPS) is 13.7. The van der Waals surface area contributed by atoms with Gasteiger partial charge in [0.05, 0.1) is 12.7 Å². The van der Waals surface area contributed by atoms with Gasteiger partial charge < -0.3 is 15.4 Å². The molecule has 124 valence electrons. The van der Waals surface area contributed by atoms with Crippen LogP contribution in [0.3, 0.4) is 0 Å². The van der Waals surface area contributed by atoms with Crippen LogP contribution in [0.25, 0.3) is 0 Å². The summed E-state index contributed by atoms with van der Waals surface area (Å²) in [6, 6.07) is 4.11. The average Bonchev–Trinajstić information content (AvgIpc) is 2.49. The summed E-state index contributed by atoms with van der Waals surface area (Å²) in [5, 5.41) is 6.00. The number of nitrogens with one attached hydrogen (secondary N) is 2. The first-order valence-corrected chi connectivity index (χ1v) is 7.03. The Morgan fingerprint density at radius 1 is 1.36 bits per heavy atom. The van der Waals surface area contributed by atoms with Gasteiger partial charge in [-0.1, -0.05) is 13.0 Å². The fourth-order valence-electron chi connectivity index (χ4n) is 1.81. The molecule has 2 N–H and O–H groups in total. The number of rotatable bonds is 5. The predicted molar refractivity (Wildman–Crippen MR) is 81.1 cm³/mol. The number of methoxy groups -OCH3 is 1. The maximum absolute atomic E-state index is 13.1. The molecule has 0 bridgehead atoms. The van der Waals surface area contributed by atoms with Crippen LogP contribution in [0.5, 0.6) is 5.75 Å². The van der Waals surface area contributed by atoms with Gasteiger partial charge in [0.25, 0.3) is 0 Å². The van der Waals surface area contributed by atoms with E-state index in [2.05, 4.69) is 15.6 Å². The van der Waals surface area contributed by atoms with Crippen LogP contribution in [0.1, 0.15) is 31.4 Å². The molecular weight excluding hydrogens is 295 g/mol. The van der Waals surface area contributed by atoms with E-state index in [9.17, 15) is 13.2 Å². The molecule has 0 spiro atoms. The topological polar surface area (TPSA) is 45.7 Å². The SMILES string of the molecule is CCC(C)NC(=NC)NCc1ccc(OC)cc1C(F)(F)F. The standard InChI is InChI=1S/C15H22F3N3O/c1-5-10(2)21-14(19-3)20-9-11-6-7-12(22-4)8-13(11)15(16,17)18/h6-8,10H,5,9H2,1-4H3,(H2,19,20,21). The van der Waals surface area contributed by atoms with E-state index < -0.39 is 11.7 Å². The Balaban J connectivity index is 2.89. The van der Waals surface area contributed by atoms with Crippen LogP contribution in [0.15, 0.2) is 23.2 Å². The van der Waals surface area contributed by atoms with Crippen LogP contribution < -0.4 is 15.4 Å². The van der Waals surface area contributed by atoms with Crippen molar-refractivity contribution in [3.63, 3.8) is 0 Å². The van der Waals surface area contributed by atoms with Crippen molar-refractivity contribution >= 4 is 5.96 Å². The van der Waals surface area contributed by atoms with Crippen LogP contribution in [0, 0.1) is 0 Å². The molecule has 0 amide bonds. The molecule has 0 radical (unpaired) electrons. The highest BCUT2D eigenvalue weighted by Gasteiger charge is 2.33. The third kappa shape index (κ3) is 5.13. The van der Waals surface area contributed by atoms with Crippen molar-refractivity contribution in [3.8, 4) is 5.75 Å². The molecule has 7 heteroatoms. The molecular formula is C15H22F3N3O. The van der Waals surface area contributed by atoms with Crippen molar-refractivity contribution in [3.05, 3.63) is 29.3 Å². The van der Waals surface area contributed by atoms with E-state index in [1.807, 2.05) is 13.8 Å². The Morgan fingerprint density at radius 3 is 2.55 bits per heavy atom. The Labute approximate surface area is 128 Å².